The van der Waals surface area contributed by atoms with Crippen LogP contribution < -0.4 is 4.74 Å². The van der Waals surface area contributed by atoms with Crippen molar-refractivity contribution in [3.05, 3.63) is 29.8 Å². The van der Waals surface area contributed by atoms with Gasteiger partial charge in [0, 0.05) is 14.2 Å². The van der Waals surface area contributed by atoms with Crippen LogP contribution in [0.2, 0.25) is 0 Å². The monoisotopic (exact) mass is 288 g/mol. The van der Waals surface area contributed by atoms with E-state index in [1.807, 2.05) is 0 Å². The summed E-state index contributed by atoms with van der Waals surface area (Å²) < 4.78 is 26.8. The Morgan fingerprint density at radius 1 is 1.32 bits per heavy atom. The number of ether oxygens (including phenoxy) is 1. The second-order valence-corrected chi connectivity index (χ2v) is 6.25. The van der Waals surface area contributed by atoms with Gasteiger partial charge in [0.2, 0.25) is 0 Å². The molecule has 0 aliphatic rings. The first-order chi connectivity index (χ1) is 8.96. The molecule has 0 saturated heterocycles. The quantitative estimate of drug-likeness (QED) is 0.774. The molecule has 0 saturated carbocycles. The van der Waals surface area contributed by atoms with E-state index >= 15 is 0 Å². The van der Waals surface area contributed by atoms with Crippen LogP contribution in [-0.2, 0) is 24.8 Å². The van der Waals surface area contributed by atoms with Crippen LogP contribution in [0.5, 0.6) is 5.75 Å². The van der Waals surface area contributed by atoms with Gasteiger partial charge in [-0.3, -0.25) is 9.36 Å². The maximum absolute atomic E-state index is 12.2. The van der Waals surface area contributed by atoms with E-state index in [-0.39, 0.29) is 6.42 Å². The molecule has 1 atom stereocenters. The van der Waals surface area contributed by atoms with Gasteiger partial charge < -0.3 is 18.9 Å². The van der Waals surface area contributed by atoms with Crippen molar-refractivity contribution in [3.63, 3.8) is 0 Å². The number of hydrogen-bond acceptors (Lipinski definition) is 5. The SMILES string of the molecule is COc1cccc(CC(C(=O)O)P(=O)(OC)OC)c1. The first kappa shape index (κ1) is 15.7. The highest BCUT2D eigenvalue weighted by Gasteiger charge is 2.40. The number of methoxy groups -OCH3 is 1. The Kier molecular flexibility index (Phi) is 5.54. The lowest BCUT2D eigenvalue weighted by Gasteiger charge is -2.21. The molecule has 1 aromatic carbocycles. The second-order valence-electron chi connectivity index (χ2n) is 3.81. The van der Waals surface area contributed by atoms with E-state index < -0.39 is 19.2 Å². The highest BCUT2D eigenvalue weighted by molar-refractivity contribution is 7.55. The van der Waals surface area contributed by atoms with Crippen LogP contribution >= 0.6 is 7.60 Å². The van der Waals surface area contributed by atoms with E-state index in [9.17, 15) is 14.5 Å². The molecule has 0 aromatic heterocycles. The van der Waals surface area contributed by atoms with Crippen LogP contribution in [0.4, 0.5) is 0 Å². The molecule has 106 valence electrons. The molecule has 0 amide bonds. The number of aliphatic carboxylic acids is 1. The maximum Gasteiger partial charge on any atom is 0.344 e. The van der Waals surface area contributed by atoms with Gasteiger partial charge in [-0.25, -0.2) is 0 Å². The van der Waals surface area contributed by atoms with E-state index in [1.54, 1.807) is 24.3 Å². The Labute approximate surface area is 111 Å². The molecule has 0 bridgehead atoms. The summed E-state index contributed by atoms with van der Waals surface area (Å²) in [5.41, 5.74) is -0.573. The molecule has 0 spiro atoms. The minimum atomic E-state index is -3.68. The van der Waals surface area contributed by atoms with Gasteiger partial charge in [0.1, 0.15) is 5.75 Å². The van der Waals surface area contributed by atoms with Gasteiger partial charge in [0.15, 0.2) is 5.66 Å². The number of carbonyl (C=O) groups is 1. The summed E-state index contributed by atoms with van der Waals surface area (Å²) >= 11 is 0. The predicted octanol–water partition coefficient (Wildman–Crippen LogP) is 2.18. The van der Waals surface area contributed by atoms with Gasteiger partial charge in [-0.1, -0.05) is 12.1 Å². The van der Waals surface area contributed by atoms with Crippen LogP contribution in [-0.4, -0.2) is 38.1 Å². The third-order valence-corrected chi connectivity index (χ3v) is 4.92. The van der Waals surface area contributed by atoms with E-state index in [4.69, 9.17) is 13.8 Å². The minimum Gasteiger partial charge on any atom is -0.497 e. The summed E-state index contributed by atoms with van der Waals surface area (Å²) in [6, 6.07) is 6.89. The summed E-state index contributed by atoms with van der Waals surface area (Å²) in [7, 11) is 0.185. The number of benzene rings is 1. The van der Waals surface area contributed by atoms with Crippen molar-refractivity contribution in [3.8, 4) is 5.75 Å². The van der Waals surface area contributed by atoms with E-state index in [2.05, 4.69) is 0 Å². The maximum atomic E-state index is 12.2. The fraction of sp³-hybridized carbons (Fsp3) is 0.417. The van der Waals surface area contributed by atoms with E-state index in [1.165, 1.54) is 21.3 Å². The van der Waals surface area contributed by atoms with Crippen molar-refractivity contribution in [1.82, 2.24) is 0 Å². The van der Waals surface area contributed by atoms with E-state index in [0.29, 0.717) is 11.3 Å². The van der Waals surface area contributed by atoms with Crippen molar-refractivity contribution in [1.29, 1.82) is 0 Å². The van der Waals surface area contributed by atoms with Crippen LogP contribution in [0.3, 0.4) is 0 Å². The van der Waals surface area contributed by atoms with Gasteiger partial charge in [-0.2, -0.15) is 0 Å². The molecule has 0 aliphatic carbocycles. The lowest BCUT2D eigenvalue weighted by Crippen LogP contribution is -2.24. The lowest BCUT2D eigenvalue weighted by atomic mass is 10.1. The van der Waals surface area contributed by atoms with Crippen molar-refractivity contribution in [2.75, 3.05) is 21.3 Å². The Bertz CT molecular complexity index is 479. The minimum absolute atomic E-state index is 0.0332. The van der Waals surface area contributed by atoms with Crippen LogP contribution in [0.15, 0.2) is 24.3 Å². The lowest BCUT2D eigenvalue weighted by molar-refractivity contribution is -0.136. The molecule has 0 radical (unpaired) electrons. The van der Waals surface area contributed by atoms with Gasteiger partial charge >= 0.3 is 13.6 Å². The Morgan fingerprint density at radius 3 is 2.42 bits per heavy atom. The van der Waals surface area contributed by atoms with Gasteiger partial charge in [-0.15, -0.1) is 0 Å². The molecule has 19 heavy (non-hydrogen) atoms. The first-order valence-electron chi connectivity index (χ1n) is 5.53. The molecule has 0 heterocycles. The summed E-state index contributed by atoms with van der Waals surface area (Å²) in [6.45, 7) is 0. The summed E-state index contributed by atoms with van der Waals surface area (Å²) in [5.74, 6) is -0.624. The highest BCUT2D eigenvalue weighted by Crippen LogP contribution is 2.52. The molecule has 1 N–H and O–H groups in total. The molecule has 7 heteroatoms. The highest BCUT2D eigenvalue weighted by atomic mass is 31.2. The average molecular weight is 288 g/mol. The molecular weight excluding hydrogens is 271 g/mol. The van der Waals surface area contributed by atoms with Gasteiger partial charge in [0.05, 0.1) is 7.11 Å². The van der Waals surface area contributed by atoms with Crippen molar-refractivity contribution in [2.24, 2.45) is 0 Å². The fourth-order valence-corrected chi connectivity index (χ4v) is 3.05. The van der Waals surface area contributed by atoms with Crippen LogP contribution in [0.1, 0.15) is 5.56 Å². The fourth-order valence-electron chi connectivity index (χ4n) is 1.69. The zero-order chi connectivity index (χ0) is 14.5. The molecule has 1 aromatic rings. The Hall–Kier alpha value is -1.36. The Balaban J connectivity index is 3.02. The van der Waals surface area contributed by atoms with E-state index in [0.717, 1.165) is 0 Å². The summed E-state index contributed by atoms with van der Waals surface area (Å²) in [5, 5.41) is 9.20. The molecule has 1 rings (SSSR count). The number of rotatable bonds is 7. The number of carboxylic acid groups (broad SMARTS) is 1. The van der Waals surface area contributed by atoms with Gasteiger partial charge in [-0.05, 0) is 24.1 Å². The van der Waals surface area contributed by atoms with Crippen molar-refractivity contribution in [2.45, 2.75) is 12.1 Å². The molecule has 1 unspecified atom stereocenters. The van der Waals surface area contributed by atoms with Crippen molar-refractivity contribution >= 4 is 13.6 Å². The average Bonchev–Trinajstić information content (AvgIpc) is 2.44. The third kappa shape index (κ3) is 3.80. The van der Waals surface area contributed by atoms with Crippen molar-refractivity contribution < 1.29 is 28.3 Å². The summed E-state index contributed by atoms with van der Waals surface area (Å²) in [6.07, 6.45) is 0.0332. The van der Waals surface area contributed by atoms with Crippen LogP contribution in [0, 0.1) is 0 Å². The van der Waals surface area contributed by atoms with Crippen LogP contribution in [0.25, 0.3) is 0 Å². The molecule has 0 fully saturated rings. The Morgan fingerprint density at radius 2 is 1.95 bits per heavy atom. The zero-order valence-electron chi connectivity index (χ0n) is 11.0. The van der Waals surface area contributed by atoms with Gasteiger partial charge in [0.25, 0.3) is 0 Å². The molecule has 0 aliphatic heterocycles. The topological polar surface area (TPSA) is 82.1 Å². The third-order valence-electron chi connectivity index (χ3n) is 2.74. The molecular formula is C12H17O6P. The largest absolute Gasteiger partial charge is 0.497 e. The number of carboxylic acids is 1. The molecule has 6 nitrogen and oxygen atoms in total. The standard InChI is InChI=1S/C12H17O6P/c1-16-10-6-4-5-9(7-10)8-11(12(13)14)19(15,17-2)18-3/h4-7,11H,8H2,1-3H3,(H,13,14). The second kappa shape index (κ2) is 6.70. The summed E-state index contributed by atoms with van der Waals surface area (Å²) in [4.78, 5) is 11.3. The number of hydrogen-bond donors (Lipinski definition) is 1. The first-order valence-corrected chi connectivity index (χ1v) is 7.15. The predicted molar refractivity (Wildman–Crippen MR) is 69.7 cm³/mol. The zero-order valence-corrected chi connectivity index (χ0v) is 11.9. The normalized spacial score (nSPS) is 13.0. The smallest absolute Gasteiger partial charge is 0.344 e.